The molecule has 1 saturated carbocycles. The van der Waals surface area contributed by atoms with Crippen molar-refractivity contribution in [1.29, 1.82) is 0 Å². The number of carbonyl (C=O) groups is 1. The molecule has 0 bridgehead atoms. The van der Waals surface area contributed by atoms with Gasteiger partial charge in [0.1, 0.15) is 0 Å². The predicted octanol–water partition coefficient (Wildman–Crippen LogP) is 1.52. The molecule has 0 saturated heterocycles. The van der Waals surface area contributed by atoms with Gasteiger partial charge in [0.15, 0.2) is 0 Å². The molecule has 0 atom stereocenters. The zero-order valence-electron chi connectivity index (χ0n) is 8.40. The third-order valence-corrected chi connectivity index (χ3v) is 3.10. The van der Waals surface area contributed by atoms with Gasteiger partial charge in [-0.3, -0.25) is 10.2 Å². The highest BCUT2D eigenvalue weighted by Gasteiger charge is 2.45. The van der Waals surface area contributed by atoms with Crippen LogP contribution in [0.1, 0.15) is 24.8 Å². The van der Waals surface area contributed by atoms with Crippen molar-refractivity contribution in [1.82, 2.24) is 5.43 Å². The predicted molar refractivity (Wildman–Crippen MR) is 61.5 cm³/mol. The number of hydrazine groups is 1. The quantitative estimate of drug-likeness (QED) is 0.457. The molecule has 1 aromatic rings. The Bertz CT molecular complexity index is 336. The van der Waals surface area contributed by atoms with Gasteiger partial charge in [0.2, 0.25) is 5.91 Å². The van der Waals surface area contributed by atoms with Crippen molar-refractivity contribution in [3.8, 4) is 0 Å². The van der Waals surface area contributed by atoms with Gasteiger partial charge in [-0.1, -0.05) is 36.8 Å². The summed E-state index contributed by atoms with van der Waals surface area (Å²) in [4.78, 5) is 11.7. The second kappa shape index (κ2) is 4.64. The Labute approximate surface area is 95.4 Å². The van der Waals surface area contributed by atoms with Crippen molar-refractivity contribution >= 4 is 18.3 Å². The lowest BCUT2D eigenvalue weighted by molar-refractivity contribution is -0.130. The number of hydrogen-bond acceptors (Lipinski definition) is 2. The molecule has 4 heteroatoms. The molecule has 1 fully saturated rings. The van der Waals surface area contributed by atoms with Crippen molar-refractivity contribution in [2.45, 2.75) is 24.7 Å². The van der Waals surface area contributed by atoms with Crippen LogP contribution in [0.5, 0.6) is 0 Å². The van der Waals surface area contributed by atoms with E-state index in [-0.39, 0.29) is 23.7 Å². The Morgan fingerprint density at radius 1 is 1.27 bits per heavy atom. The summed E-state index contributed by atoms with van der Waals surface area (Å²) in [6.07, 6.45) is 2.91. The van der Waals surface area contributed by atoms with Crippen LogP contribution in [0.25, 0.3) is 0 Å². The minimum atomic E-state index is -0.351. The van der Waals surface area contributed by atoms with Gasteiger partial charge in [-0.05, 0) is 18.4 Å². The molecule has 0 radical (unpaired) electrons. The van der Waals surface area contributed by atoms with E-state index in [1.165, 1.54) is 0 Å². The summed E-state index contributed by atoms with van der Waals surface area (Å²) in [6, 6.07) is 9.86. The Balaban J connectivity index is 0.00000112. The van der Waals surface area contributed by atoms with Crippen LogP contribution in [0, 0.1) is 0 Å². The van der Waals surface area contributed by atoms with Crippen molar-refractivity contribution in [2.24, 2.45) is 5.84 Å². The number of benzene rings is 1. The van der Waals surface area contributed by atoms with E-state index in [0.717, 1.165) is 24.8 Å². The summed E-state index contributed by atoms with van der Waals surface area (Å²) < 4.78 is 0. The smallest absolute Gasteiger partial charge is 0.244 e. The number of halogens is 1. The molecule has 0 aromatic heterocycles. The van der Waals surface area contributed by atoms with E-state index in [1.807, 2.05) is 30.3 Å². The summed E-state index contributed by atoms with van der Waals surface area (Å²) in [5.41, 5.74) is 2.99. The Morgan fingerprint density at radius 3 is 2.27 bits per heavy atom. The molecular weight excluding hydrogens is 212 g/mol. The van der Waals surface area contributed by atoms with Crippen LogP contribution in [0.15, 0.2) is 30.3 Å². The molecule has 0 spiro atoms. The molecule has 1 amide bonds. The average Bonchev–Trinajstić information content (AvgIpc) is 2.17. The first kappa shape index (κ1) is 12.0. The first-order chi connectivity index (χ1) is 6.79. The van der Waals surface area contributed by atoms with E-state index in [4.69, 9.17) is 5.84 Å². The molecular formula is C11H15ClN2O. The van der Waals surface area contributed by atoms with Gasteiger partial charge in [-0.2, -0.15) is 0 Å². The van der Waals surface area contributed by atoms with Crippen LogP contribution < -0.4 is 11.3 Å². The number of hydrogen-bond donors (Lipinski definition) is 2. The third-order valence-electron chi connectivity index (χ3n) is 3.10. The summed E-state index contributed by atoms with van der Waals surface area (Å²) in [5.74, 6) is 5.15. The summed E-state index contributed by atoms with van der Waals surface area (Å²) in [5, 5.41) is 0. The van der Waals surface area contributed by atoms with E-state index in [0.29, 0.717) is 0 Å². The fraction of sp³-hybridized carbons (Fsp3) is 0.364. The fourth-order valence-corrected chi connectivity index (χ4v) is 2.07. The minimum absolute atomic E-state index is 0. The van der Waals surface area contributed by atoms with Crippen LogP contribution >= 0.6 is 12.4 Å². The van der Waals surface area contributed by atoms with Crippen LogP contribution in [0.4, 0.5) is 0 Å². The molecule has 0 unspecified atom stereocenters. The highest BCUT2D eigenvalue weighted by molar-refractivity contribution is 5.88. The lowest BCUT2D eigenvalue weighted by Crippen LogP contribution is -2.51. The Morgan fingerprint density at radius 2 is 1.87 bits per heavy atom. The lowest BCUT2D eigenvalue weighted by Gasteiger charge is -2.40. The summed E-state index contributed by atoms with van der Waals surface area (Å²) in [7, 11) is 0. The van der Waals surface area contributed by atoms with Crippen molar-refractivity contribution in [2.75, 3.05) is 0 Å². The molecule has 82 valence electrons. The van der Waals surface area contributed by atoms with E-state index in [1.54, 1.807) is 0 Å². The molecule has 15 heavy (non-hydrogen) atoms. The Kier molecular flexibility index (Phi) is 3.72. The molecule has 1 aromatic carbocycles. The molecule has 1 aliphatic rings. The average molecular weight is 227 g/mol. The maximum absolute atomic E-state index is 11.7. The van der Waals surface area contributed by atoms with Gasteiger partial charge in [0.25, 0.3) is 0 Å². The summed E-state index contributed by atoms with van der Waals surface area (Å²) >= 11 is 0. The number of nitrogens with one attached hydrogen (secondary N) is 1. The van der Waals surface area contributed by atoms with Crippen LogP contribution in [0.3, 0.4) is 0 Å². The normalized spacial score (nSPS) is 17.1. The monoisotopic (exact) mass is 226 g/mol. The topological polar surface area (TPSA) is 55.1 Å². The van der Waals surface area contributed by atoms with Crippen molar-refractivity contribution < 1.29 is 4.79 Å². The molecule has 2 rings (SSSR count). The highest BCUT2D eigenvalue weighted by atomic mass is 35.5. The van der Waals surface area contributed by atoms with Gasteiger partial charge >= 0.3 is 0 Å². The second-order valence-electron chi connectivity index (χ2n) is 3.78. The minimum Gasteiger partial charge on any atom is -0.293 e. The number of rotatable bonds is 2. The standard InChI is InChI=1S/C11H14N2O.ClH/c12-13-10(14)11(7-4-8-11)9-5-2-1-3-6-9;/h1-3,5-6H,4,7-8,12H2,(H,13,14);1H. The number of nitrogens with two attached hydrogens (primary N) is 1. The van der Waals surface area contributed by atoms with E-state index >= 15 is 0 Å². The van der Waals surface area contributed by atoms with Crippen molar-refractivity contribution in [3.05, 3.63) is 35.9 Å². The van der Waals surface area contributed by atoms with Crippen molar-refractivity contribution in [3.63, 3.8) is 0 Å². The molecule has 0 aliphatic heterocycles. The van der Waals surface area contributed by atoms with E-state index in [2.05, 4.69) is 5.43 Å². The maximum atomic E-state index is 11.7. The van der Waals surface area contributed by atoms with Crippen LogP contribution in [0.2, 0.25) is 0 Å². The van der Waals surface area contributed by atoms with Crippen LogP contribution in [-0.4, -0.2) is 5.91 Å². The molecule has 3 nitrogen and oxygen atoms in total. The molecule has 1 aliphatic carbocycles. The van der Waals surface area contributed by atoms with Gasteiger partial charge in [0, 0.05) is 0 Å². The fourth-order valence-electron chi connectivity index (χ4n) is 2.07. The third kappa shape index (κ3) is 1.85. The first-order valence-electron chi connectivity index (χ1n) is 4.86. The number of amides is 1. The number of carbonyl (C=O) groups excluding carboxylic acids is 1. The van der Waals surface area contributed by atoms with Crippen LogP contribution in [-0.2, 0) is 10.2 Å². The zero-order valence-corrected chi connectivity index (χ0v) is 9.22. The second-order valence-corrected chi connectivity index (χ2v) is 3.78. The van der Waals surface area contributed by atoms with Gasteiger partial charge in [0.05, 0.1) is 5.41 Å². The molecule has 3 N–H and O–H groups in total. The zero-order chi connectivity index (χ0) is 10.0. The highest BCUT2D eigenvalue weighted by Crippen LogP contribution is 2.43. The van der Waals surface area contributed by atoms with Gasteiger partial charge < -0.3 is 0 Å². The van der Waals surface area contributed by atoms with Gasteiger partial charge in [-0.25, -0.2) is 5.84 Å². The largest absolute Gasteiger partial charge is 0.293 e. The maximum Gasteiger partial charge on any atom is 0.244 e. The SMILES string of the molecule is Cl.NNC(=O)C1(c2ccccc2)CCC1. The molecule has 0 heterocycles. The Hall–Kier alpha value is -1.06. The summed E-state index contributed by atoms with van der Waals surface area (Å²) in [6.45, 7) is 0. The lowest BCUT2D eigenvalue weighted by atomic mass is 9.64. The van der Waals surface area contributed by atoms with E-state index in [9.17, 15) is 4.79 Å². The first-order valence-corrected chi connectivity index (χ1v) is 4.86. The van der Waals surface area contributed by atoms with Gasteiger partial charge in [-0.15, -0.1) is 12.4 Å². The van der Waals surface area contributed by atoms with E-state index < -0.39 is 0 Å².